The smallest absolute Gasteiger partial charge is 0.0471 e. The highest BCUT2D eigenvalue weighted by molar-refractivity contribution is 4.92. The Morgan fingerprint density at radius 2 is 2.07 bits per heavy atom. The predicted octanol–water partition coefficient (Wildman–Crippen LogP) is 0.836. The van der Waals surface area contributed by atoms with Crippen LogP contribution in [0.15, 0.2) is 0 Å². The molecule has 2 heterocycles. The Morgan fingerprint density at radius 3 is 2.71 bits per heavy atom. The zero-order valence-electron chi connectivity index (χ0n) is 9.17. The van der Waals surface area contributed by atoms with Crippen molar-refractivity contribution in [1.82, 2.24) is 4.90 Å². The summed E-state index contributed by atoms with van der Waals surface area (Å²) in [7, 11) is 0. The first-order valence-corrected chi connectivity index (χ1v) is 5.78. The molecule has 0 aliphatic carbocycles. The molecule has 0 aromatic rings. The van der Waals surface area contributed by atoms with Gasteiger partial charge in [0.05, 0.1) is 0 Å². The van der Waals surface area contributed by atoms with Crippen LogP contribution in [0.5, 0.6) is 0 Å². The van der Waals surface area contributed by atoms with E-state index in [4.69, 9.17) is 10.5 Å². The highest BCUT2D eigenvalue weighted by Gasteiger charge is 2.40. The van der Waals surface area contributed by atoms with Gasteiger partial charge in [-0.2, -0.15) is 0 Å². The molecule has 0 saturated carbocycles. The molecule has 0 bridgehead atoms. The maximum absolute atomic E-state index is 5.70. The largest absolute Gasteiger partial charge is 0.381 e. The van der Waals surface area contributed by atoms with Crippen LogP contribution in [0, 0.1) is 5.41 Å². The van der Waals surface area contributed by atoms with Crippen LogP contribution in [-0.4, -0.2) is 43.8 Å². The lowest BCUT2D eigenvalue weighted by atomic mass is 9.80. The van der Waals surface area contributed by atoms with Gasteiger partial charge in [-0.05, 0) is 38.1 Å². The van der Waals surface area contributed by atoms with E-state index in [1.807, 2.05) is 0 Å². The SMILES string of the molecule is CC(CN)N1CCC2(CCOCC2)C1. The number of likely N-dealkylation sites (tertiary alicyclic amines) is 1. The Kier molecular flexibility index (Phi) is 3.10. The molecule has 2 fully saturated rings. The van der Waals surface area contributed by atoms with Crippen LogP contribution >= 0.6 is 0 Å². The molecule has 1 unspecified atom stereocenters. The van der Waals surface area contributed by atoms with Crippen molar-refractivity contribution in [2.45, 2.75) is 32.2 Å². The third-order valence-corrected chi connectivity index (χ3v) is 3.99. The molecule has 3 heteroatoms. The Labute approximate surface area is 86.6 Å². The van der Waals surface area contributed by atoms with E-state index in [2.05, 4.69) is 11.8 Å². The van der Waals surface area contributed by atoms with E-state index in [0.29, 0.717) is 11.5 Å². The molecule has 0 amide bonds. The van der Waals surface area contributed by atoms with E-state index in [9.17, 15) is 0 Å². The zero-order valence-corrected chi connectivity index (χ0v) is 9.17. The molecule has 2 rings (SSSR count). The highest BCUT2D eigenvalue weighted by atomic mass is 16.5. The van der Waals surface area contributed by atoms with Crippen LogP contribution < -0.4 is 5.73 Å². The van der Waals surface area contributed by atoms with Gasteiger partial charge in [0.15, 0.2) is 0 Å². The summed E-state index contributed by atoms with van der Waals surface area (Å²) >= 11 is 0. The molecule has 1 spiro atoms. The fraction of sp³-hybridized carbons (Fsp3) is 1.00. The number of hydrogen-bond donors (Lipinski definition) is 1. The van der Waals surface area contributed by atoms with Crippen LogP contribution in [0.3, 0.4) is 0 Å². The highest BCUT2D eigenvalue weighted by Crippen LogP contribution is 2.40. The minimum absolute atomic E-state index is 0.553. The molecule has 2 aliphatic rings. The molecular weight excluding hydrogens is 176 g/mol. The van der Waals surface area contributed by atoms with Gasteiger partial charge in [-0.25, -0.2) is 0 Å². The number of rotatable bonds is 2. The lowest BCUT2D eigenvalue weighted by Gasteiger charge is -2.34. The minimum atomic E-state index is 0.553. The second-order valence-electron chi connectivity index (χ2n) is 4.92. The van der Waals surface area contributed by atoms with Crippen molar-refractivity contribution >= 4 is 0 Å². The molecule has 3 nitrogen and oxygen atoms in total. The van der Waals surface area contributed by atoms with E-state index in [1.165, 1.54) is 32.4 Å². The quantitative estimate of drug-likeness (QED) is 0.714. The molecule has 0 aromatic heterocycles. The first kappa shape index (κ1) is 10.4. The molecule has 2 N–H and O–H groups in total. The van der Waals surface area contributed by atoms with E-state index in [1.54, 1.807) is 0 Å². The normalized spacial score (nSPS) is 29.6. The summed E-state index contributed by atoms with van der Waals surface area (Å²) in [4.78, 5) is 2.55. The lowest BCUT2D eigenvalue weighted by Crippen LogP contribution is -2.39. The van der Waals surface area contributed by atoms with Gasteiger partial charge in [0.1, 0.15) is 0 Å². The van der Waals surface area contributed by atoms with Crippen LogP contribution in [0.4, 0.5) is 0 Å². The first-order valence-electron chi connectivity index (χ1n) is 5.78. The Hall–Kier alpha value is -0.120. The van der Waals surface area contributed by atoms with Crippen molar-refractivity contribution in [2.24, 2.45) is 11.1 Å². The molecular formula is C11H22N2O. The second-order valence-corrected chi connectivity index (χ2v) is 4.92. The van der Waals surface area contributed by atoms with Crippen molar-refractivity contribution in [1.29, 1.82) is 0 Å². The third kappa shape index (κ3) is 1.95. The van der Waals surface area contributed by atoms with Crippen molar-refractivity contribution in [3.8, 4) is 0 Å². The molecule has 0 aromatic carbocycles. The molecule has 1 atom stereocenters. The number of nitrogens with zero attached hydrogens (tertiary/aromatic N) is 1. The lowest BCUT2D eigenvalue weighted by molar-refractivity contribution is 0.0177. The van der Waals surface area contributed by atoms with Gasteiger partial charge >= 0.3 is 0 Å². The Bertz CT molecular complexity index is 190. The maximum Gasteiger partial charge on any atom is 0.0471 e. The van der Waals surface area contributed by atoms with Gasteiger partial charge in [0.25, 0.3) is 0 Å². The fourth-order valence-corrected chi connectivity index (χ4v) is 2.71. The monoisotopic (exact) mass is 198 g/mol. The average Bonchev–Trinajstić information content (AvgIpc) is 2.62. The first-order chi connectivity index (χ1) is 6.76. The summed E-state index contributed by atoms with van der Waals surface area (Å²) in [5.41, 5.74) is 6.27. The van der Waals surface area contributed by atoms with Crippen LogP contribution in [0.1, 0.15) is 26.2 Å². The molecule has 0 radical (unpaired) electrons. The summed E-state index contributed by atoms with van der Waals surface area (Å²) in [5, 5.41) is 0. The fourth-order valence-electron chi connectivity index (χ4n) is 2.71. The predicted molar refractivity (Wildman–Crippen MR) is 57.2 cm³/mol. The van der Waals surface area contributed by atoms with E-state index in [0.717, 1.165) is 19.8 Å². The standard InChI is InChI=1S/C11H22N2O/c1-10(8-12)13-5-2-11(9-13)3-6-14-7-4-11/h10H,2-9,12H2,1H3. The summed E-state index contributed by atoms with van der Waals surface area (Å²) < 4.78 is 5.44. The van der Waals surface area contributed by atoms with Gasteiger partial charge in [0.2, 0.25) is 0 Å². The topological polar surface area (TPSA) is 38.5 Å². The van der Waals surface area contributed by atoms with E-state index < -0.39 is 0 Å². The van der Waals surface area contributed by atoms with Gasteiger partial charge in [0, 0.05) is 32.3 Å². The van der Waals surface area contributed by atoms with Gasteiger partial charge in [-0.1, -0.05) is 0 Å². The molecule has 82 valence electrons. The zero-order chi connectivity index (χ0) is 10.0. The molecule has 2 saturated heterocycles. The average molecular weight is 198 g/mol. The molecule has 2 aliphatic heterocycles. The van der Waals surface area contributed by atoms with E-state index in [-0.39, 0.29) is 0 Å². The summed E-state index contributed by atoms with van der Waals surface area (Å²) in [5.74, 6) is 0. The maximum atomic E-state index is 5.70. The number of hydrogen-bond acceptors (Lipinski definition) is 3. The second kappa shape index (κ2) is 4.17. The van der Waals surface area contributed by atoms with Crippen molar-refractivity contribution < 1.29 is 4.74 Å². The Morgan fingerprint density at radius 1 is 1.36 bits per heavy atom. The van der Waals surface area contributed by atoms with Crippen LogP contribution in [0.2, 0.25) is 0 Å². The van der Waals surface area contributed by atoms with Gasteiger partial charge in [-0.15, -0.1) is 0 Å². The minimum Gasteiger partial charge on any atom is -0.381 e. The number of ether oxygens (including phenoxy) is 1. The summed E-state index contributed by atoms with van der Waals surface area (Å²) in [6.45, 7) is 7.42. The summed E-state index contributed by atoms with van der Waals surface area (Å²) in [6.07, 6.45) is 3.85. The van der Waals surface area contributed by atoms with Crippen LogP contribution in [0.25, 0.3) is 0 Å². The van der Waals surface area contributed by atoms with Gasteiger partial charge < -0.3 is 10.5 Å². The van der Waals surface area contributed by atoms with Gasteiger partial charge in [-0.3, -0.25) is 4.90 Å². The van der Waals surface area contributed by atoms with Crippen molar-refractivity contribution in [2.75, 3.05) is 32.8 Å². The molecule has 14 heavy (non-hydrogen) atoms. The number of nitrogens with two attached hydrogens (primary N) is 1. The Balaban J connectivity index is 1.92. The van der Waals surface area contributed by atoms with Crippen molar-refractivity contribution in [3.05, 3.63) is 0 Å². The van der Waals surface area contributed by atoms with E-state index >= 15 is 0 Å². The van der Waals surface area contributed by atoms with Crippen molar-refractivity contribution in [3.63, 3.8) is 0 Å². The third-order valence-electron chi connectivity index (χ3n) is 3.99. The van der Waals surface area contributed by atoms with Crippen LogP contribution in [-0.2, 0) is 4.74 Å². The summed E-state index contributed by atoms with van der Waals surface area (Å²) in [6, 6.07) is 0.553.